The van der Waals surface area contributed by atoms with E-state index in [0.717, 1.165) is 10.6 Å². The molecule has 0 aliphatic carbocycles. The zero-order valence-electron chi connectivity index (χ0n) is 7.90. The average Bonchev–Trinajstić information content (AvgIpc) is 2.42. The minimum absolute atomic E-state index is 0.683. The van der Waals surface area contributed by atoms with Gasteiger partial charge in [0.1, 0.15) is 11.1 Å². The van der Waals surface area contributed by atoms with Gasteiger partial charge in [-0.05, 0) is 17.9 Å². The van der Waals surface area contributed by atoms with Crippen LogP contribution in [0.3, 0.4) is 0 Å². The Kier molecular flexibility index (Phi) is 3.04. The molecule has 3 nitrogen and oxygen atoms in total. The van der Waals surface area contributed by atoms with Crippen LogP contribution in [-0.4, -0.2) is 25.3 Å². The normalized spacial score (nSPS) is 10.3. The second-order valence-electron chi connectivity index (χ2n) is 2.92. The number of nitrogens with zero attached hydrogens (tertiary/aromatic N) is 3. The Morgan fingerprint density at radius 2 is 2.31 bits per heavy atom. The fourth-order valence-corrected chi connectivity index (χ4v) is 1.67. The molecular weight excluding hydrogens is 182 g/mol. The van der Waals surface area contributed by atoms with Gasteiger partial charge in [-0.15, -0.1) is 11.3 Å². The van der Waals surface area contributed by atoms with E-state index in [1.54, 1.807) is 6.34 Å². The maximum Gasteiger partial charge on any atom is 0.135 e. The lowest BCUT2D eigenvalue weighted by Crippen LogP contribution is -2.06. The molecule has 0 fully saturated rings. The van der Waals surface area contributed by atoms with Crippen LogP contribution in [0, 0.1) is 18.3 Å². The van der Waals surface area contributed by atoms with E-state index >= 15 is 0 Å². The van der Waals surface area contributed by atoms with Gasteiger partial charge in [0.05, 0.1) is 11.9 Å². The third-order valence-corrected chi connectivity index (χ3v) is 2.48. The highest BCUT2D eigenvalue weighted by Gasteiger charge is 2.05. The van der Waals surface area contributed by atoms with Crippen LogP contribution in [0.1, 0.15) is 11.1 Å². The Bertz CT molecular complexity index is 357. The lowest BCUT2D eigenvalue weighted by molar-refractivity contribution is 0.643. The number of aliphatic imine (C=N–C) groups is 1. The van der Waals surface area contributed by atoms with E-state index in [2.05, 4.69) is 11.1 Å². The number of hydrogen-bond donors (Lipinski definition) is 0. The molecule has 0 radical (unpaired) electrons. The summed E-state index contributed by atoms with van der Waals surface area (Å²) in [6.45, 7) is 1.92. The largest absolute Gasteiger partial charge is 0.369 e. The van der Waals surface area contributed by atoms with Gasteiger partial charge in [0, 0.05) is 14.1 Å². The minimum Gasteiger partial charge on any atom is -0.369 e. The molecule has 0 aliphatic rings. The van der Waals surface area contributed by atoms with Crippen LogP contribution in [0.2, 0.25) is 0 Å². The monoisotopic (exact) mass is 193 g/mol. The highest BCUT2D eigenvalue weighted by atomic mass is 32.1. The van der Waals surface area contributed by atoms with E-state index in [4.69, 9.17) is 5.26 Å². The number of hydrogen-bond acceptors (Lipinski definition) is 3. The Morgan fingerprint density at radius 1 is 1.62 bits per heavy atom. The highest BCUT2D eigenvalue weighted by molar-refractivity contribution is 7.14. The van der Waals surface area contributed by atoms with Crippen LogP contribution >= 0.6 is 11.3 Å². The minimum atomic E-state index is 0.683. The number of thiophene rings is 1. The van der Waals surface area contributed by atoms with Crippen molar-refractivity contribution in [3.8, 4) is 6.07 Å². The van der Waals surface area contributed by atoms with Crippen molar-refractivity contribution in [2.24, 2.45) is 4.99 Å². The molecule has 1 aromatic heterocycles. The second kappa shape index (κ2) is 4.06. The van der Waals surface area contributed by atoms with Gasteiger partial charge in [-0.3, -0.25) is 0 Å². The summed E-state index contributed by atoms with van der Waals surface area (Å²) in [5.41, 5.74) is 1.68. The predicted molar refractivity (Wildman–Crippen MR) is 55.6 cm³/mol. The third kappa shape index (κ3) is 2.30. The van der Waals surface area contributed by atoms with Gasteiger partial charge in [0.25, 0.3) is 0 Å². The molecule has 0 bridgehead atoms. The molecule has 0 aliphatic heterocycles. The van der Waals surface area contributed by atoms with E-state index in [9.17, 15) is 0 Å². The fourth-order valence-electron chi connectivity index (χ4n) is 0.830. The lowest BCUT2D eigenvalue weighted by atomic mass is 10.2. The predicted octanol–water partition coefficient (Wildman–Crippen LogP) is 2.15. The molecule has 0 atom stereocenters. The van der Waals surface area contributed by atoms with Crippen molar-refractivity contribution in [3.63, 3.8) is 0 Å². The van der Waals surface area contributed by atoms with E-state index in [1.165, 1.54) is 11.3 Å². The molecule has 0 amide bonds. The number of nitriles is 1. The first-order valence-corrected chi connectivity index (χ1v) is 4.72. The second-order valence-corrected chi connectivity index (χ2v) is 3.78. The van der Waals surface area contributed by atoms with Gasteiger partial charge in [-0.25, -0.2) is 4.99 Å². The summed E-state index contributed by atoms with van der Waals surface area (Å²) < 4.78 is 0. The van der Waals surface area contributed by atoms with Crippen molar-refractivity contribution < 1.29 is 0 Å². The number of rotatable bonds is 2. The van der Waals surface area contributed by atoms with Crippen molar-refractivity contribution in [2.45, 2.75) is 6.92 Å². The van der Waals surface area contributed by atoms with Crippen LogP contribution in [-0.2, 0) is 0 Å². The van der Waals surface area contributed by atoms with E-state index in [1.807, 2.05) is 31.3 Å². The first-order valence-electron chi connectivity index (χ1n) is 3.84. The van der Waals surface area contributed by atoms with Crippen molar-refractivity contribution in [3.05, 3.63) is 16.5 Å². The molecule has 1 aromatic rings. The van der Waals surface area contributed by atoms with Crippen molar-refractivity contribution in [1.82, 2.24) is 4.90 Å². The fraction of sp³-hybridized carbons (Fsp3) is 0.333. The SMILES string of the molecule is Cc1csc(N=CN(C)C)c1C#N. The van der Waals surface area contributed by atoms with Gasteiger partial charge in [-0.2, -0.15) is 5.26 Å². The molecule has 1 rings (SSSR count). The van der Waals surface area contributed by atoms with Crippen molar-refractivity contribution >= 4 is 22.7 Å². The Morgan fingerprint density at radius 3 is 2.85 bits per heavy atom. The van der Waals surface area contributed by atoms with Crippen LogP contribution in [0.15, 0.2) is 10.4 Å². The lowest BCUT2D eigenvalue weighted by Gasteiger charge is -2.00. The first kappa shape index (κ1) is 9.75. The molecule has 13 heavy (non-hydrogen) atoms. The molecule has 1 heterocycles. The van der Waals surface area contributed by atoms with Gasteiger partial charge in [0.15, 0.2) is 0 Å². The molecule has 0 saturated heterocycles. The zero-order valence-corrected chi connectivity index (χ0v) is 8.72. The van der Waals surface area contributed by atoms with Crippen LogP contribution < -0.4 is 0 Å². The summed E-state index contributed by atoms with van der Waals surface area (Å²) >= 11 is 1.50. The summed E-state index contributed by atoms with van der Waals surface area (Å²) in [5.74, 6) is 0. The standard InChI is InChI=1S/C9H11N3S/c1-7-5-13-9(8(7)4-10)11-6-12(2)3/h5-6H,1-3H3. The number of aryl methyl sites for hydroxylation is 1. The van der Waals surface area contributed by atoms with Crippen LogP contribution in [0.4, 0.5) is 5.00 Å². The average molecular weight is 193 g/mol. The smallest absolute Gasteiger partial charge is 0.135 e. The van der Waals surface area contributed by atoms with Gasteiger partial charge < -0.3 is 4.90 Å². The highest BCUT2D eigenvalue weighted by Crippen LogP contribution is 2.29. The van der Waals surface area contributed by atoms with Crippen LogP contribution in [0.25, 0.3) is 0 Å². The quantitative estimate of drug-likeness (QED) is 0.533. The molecule has 0 unspecified atom stereocenters. The van der Waals surface area contributed by atoms with E-state index < -0.39 is 0 Å². The molecule has 4 heteroatoms. The molecule has 68 valence electrons. The Balaban J connectivity index is 2.97. The molecule has 0 aromatic carbocycles. The topological polar surface area (TPSA) is 39.4 Å². The Hall–Kier alpha value is -1.34. The summed E-state index contributed by atoms with van der Waals surface area (Å²) in [4.78, 5) is 6.04. The zero-order chi connectivity index (χ0) is 9.84. The summed E-state index contributed by atoms with van der Waals surface area (Å²) in [7, 11) is 3.80. The van der Waals surface area contributed by atoms with Crippen LogP contribution in [0.5, 0.6) is 0 Å². The third-order valence-electron chi connectivity index (χ3n) is 1.47. The van der Waals surface area contributed by atoms with Crippen molar-refractivity contribution in [2.75, 3.05) is 14.1 Å². The summed E-state index contributed by atoms with van der Waals surface area (Å²) in [5, 5.41) is 11.6. The maximum absolute atomic E-state index is 8.82. The summed E-state index contributed by atoms with van der Waals surface area (Å²) in [6.07, 6.45) is 1.70. The summed E-state index contributed by atoms with van der Waals surface area (Å²) in [6, 6.07) is 2.15. The molecular formula is C9H11N3S. The van der Waals surface area contributed by atoms with Crippen molar-refractivity contribution in [1.29, 1.82) is 5.26 Å². The Labute approximate surface area is 81.9 Å². The van der Waals surface area contributed by atoms with E-state index in [0.29, 0.717) is 5.56 Å². The van der Waals surface area contributed by atoms with Gasteiger partial charge in [-0.1, -0.05) is 0 Å². The molecule has 0 saturated carbocycles. The van der Waals surface area contributed by atoms with E-state index in [-0.39, 0.29) is 0 Å². The van der Waals surface area contributed by atoms with Gasteiger partial charge in [0.2, 0.25) is 0 Å². The first-order chi connectivity index (χ1) is 6.15. The maximum atomic E-state index is 8.82. The van der Waals surface area contributed by atoms with Gasteiger partial charge >= 0.3 is 0 Å². The molecule has 0 N–H and O–H groups in total. The molecule has 0 spiro atoms.